The van der Waals surface area contributed by atoms with Gasteiger partial charge in [-0.05, 0) is 31.1 Å². The molecule has 6 heteroatoms. The molecule has 0 N–H and O–H groups in total. The maximum atomic E-state index is 12.7. The van der Waals surface area contributed by atoms with Crippen molar-refractivity contribution in [1.82, 2.24) is 0 Å². The van der Waals surface area contributed by atoms with E-state index in [0.717, 1.165) is 69.6 Å². The highest BCUT2D eigenvalue weighted by Gasteiger charge is 2.19. The van der Waals surface area contributed by atoms with Crippen LogP contribution in [0.25, 0.3) is 0 Å². The van der Waals surface area contributed by atoms with Crippen LogP contribution in [0.4, 0.5) is 0 Å². The van der Waals surface area contributed by atoms with E-state index in [1.807, 2.05) is 0 Å². The summed E-state index contributed by atoms with van der Waals surface area (Å²) in [5.41, 5.74) is 0. The fourth-order valence-corrected chi connectivity index (χ4v) is 6.19. The summed E-state index contributed by atoms with van der Waals surface area (Å²) in [5, 5.41) is 0. The Labute approximate surface area is 304 Å². The topological polar surface area (TPSA) is 78.9 Å². The Hall–Kier alpha value is -1.59. The molecule has 0 radical (unpaired) electrons. The lowest BCUT2D eigenvalue weighted by Crippen LogP contribution is -2.30. The lowest BCUT2D eigenvalue weighted by atomic mass is 9.99. The second-order valence-corrected chi connectivity index (χ2v) is 15.3. The van der Waals surface area contributed by atoms with E-state index in [1.165, 1.54) is 116 Å². The SMILES string of the molecule is CCCCCCCCCC(=O)OC[C@@H](COC(=O)CCCCCCCCCC(C)C)OC(=O)CCCCCCCCCCCCC(C)CC. The molecule has 6 nitrogen and oxygen atoms in total. The van der Waals surface area contributed by atoms with Crippen LogP contribution in [0.1, 0.15) is 227 Å². The molecule has 2 atom stereocenters. The maximum Gasteiger partial charge on any atom is 0.306 e. The molecule has 0 heterocycles. The van der Waals surface area contributed by atoms with Crippen molar-refractivity contribution in [1.29, 1.82) is 0 Å². The number of ether oxygens (including phenoxy) is 3. The standard InChI is InChI=1S/C43H82O6/c1-6-8-9-10-16-23-28-33-41(44)47-36-40(37-48-42(45)34-29-24-20-15-17-21-26-31-38(3)4)49-43(46)35-30-25-19-14-12-11-13-18-22-27-32-39(5)7-2/h38-40H,6-37H2,1-5H3/t39?,40-/m0/s1. The van der Waals surface area contributed by atoms with E-state index in [1.54, 1.807) is 0 Å². The van der Waals surface area contributed by atoms with Crippen LogP contribution in [-0.2, 0) is 28.6 Å². The van der Waals surface area contributed by atoms with Crippen molar-refractivity contribution in [2.24, 2.45) is 11.8 Å². The van der Waals surface area contributed by atoms with Gasteiger partial charge in [0.15, 0.2) is 6.10 Å². The van der Waals surface area contributed by atoms with Crippen molar-refractivity contribution in [2.75, 3.05) is 13.2 Å². The highest BCUT2D eigenvalue weighted by Crippen LogP contribution is 2.17. The predicted molar refractivity (Wildman–Crippen MR) is 206 cm³/mol. The number of esters is 3. The van der Waals surface area contributed by atoms with Crippen molar-refractivity contribution in [3.05, 3.63) is 0 Å². The molecular formula is C43H82O6. The van der Waals surface area contributed by atoms with Gasteiger partial charge in [-0.15, -0.1) is 0 Å². The zero-order chi connectivity index (χ0) is 36.2. The minimum Gasteiger partial charge on any atom is -0.462 e. The van der Waals surface area contributed by atoms with Gasteiger partial charge < -0.3 is 14.2 Å². The van der Waals surface area contributed by atoms with E-state index < -0.39 is 6.10 Å². The molecule has 0 saturated carbocycles. The lowest BCUT2D eigenvalue weighted by Gasteiger charge is -2.18. The van der Waals surface area contributed by atoms with Crippen molar-refractivity contribution in [3.8, 4) is 0 Å². The summed E-state index contributed by atoms with van der Waals surface area (Å²) >= 11 is 0. The summed E-state index contributed by atoms with van der Waals surface area (Å²) in [5.74, 6) is 0.778. The van der Waals surface area contributed by atoms with Crippen molar-refractivity contribution in [2.45, 2.75) is 233 Å². The number of unbranched alkanes of at least 4 members (excludes halogenated alkanes) is 21. The zero-order valence-corrected chi connectivity index (χ0v) is 33.3. The van der Waals surface area contributed by atoms with E-state index >= 15 is 0 Å². The van der Waals surface area contributed by atoms with Gasteiger partial charge in [0.25, 0.3) is 0 Å². The second-order valence-electron chi connectivity index (χ2n) is 15.3. The highest BCUT2D eigenvalue weighted by molar-refractivity contribution is 5.71. The van der Waals surface area contributed by atoms with Crippen LogP contribution in [0.15, 0.2) is 0 Å². The minimum atomic E-state index is -0.759. The fourth-order valence-electron chi connectivity index (χ4n) is 6.19. The first kappa shape index (κ1) is 47.4. The number of hydrogen-bond acceptors (Lipinski definition) is 6. The van der Waals surface area contributed by atoms with Gasteiger partial charge in [0.1, 0.15) is 13.2 Å². The number of carbonyl (C=O) groups is 3. The first-order chi connectivity index (χ1) is 23.8. The molecule has 0 bridgehead atoms. The lowest BCUT2D eigenvalue weighted by molar-refractivity contribution is -0.167. The van der Waals surface area contributed by atoms with Gasteiger partial charge in [-0.3, -0.25) is 14.4 Å². The molecule has 0 fully saturated rings. The molecule has 0 aromatic heterocycles. The van der Waals surface area contributed by atoms with Gasteiger partial charge in [-0.25, -0.2) is 0 Å². The van der Waals surface area contributed by atoms with E-state index in [2.05, 4.69) is 34.6 Å². The molecule has 0 aliphatic heterocycles. The first-order valence-electron chi connectivity index (χ1n) is 21.3. The molecular weight excluding hydrogens is 612 g/mol. The summed E-state index contributed by atoms with van der Waals surface area (Å²) in [6.45, 7) is 11.3. The molecule has 0 rings (SSSR count). The fraction of sp³-hybridized carbons (Fsp3) is 0.930. The third kappa shape index (κ3) is 36.0. The molecule has 0 aliphatic carbocycles. The molecule has 1 unspecified atom stereocenters. The van der Waals surface area contributed by atoms with Gasteiger partial charge in [-0.2, -0.15) is 0 Å². The van der Waals surface area contributed by atoms with Crippen molar-refractivity contribution >= 4 is 17.9 Å². The average Bonchev–Trinajstić information content (AvgIpc) is 3.08. The monoisotopic (exact) mass is 695 g/mol. The Morgan fingerprint density at radius 1 is 0.429 bits per heavy atom. The van der Waals surface area contributed by atoms with Crippen LogP contribution in [0.5, 0.6) is 0 Å². The Kier molecular flexibility index (Phi) is 35.0. The molecule has 290 valence electrons. The number of hydrogen-bond donors (Lipinski definition) is 0. The Morgan fingerprint density at radius 2 is 0.776 bits per heavy atom. The van der Waals surface area contributed by atoms with Crippen LogP contribution in [0.3, 0.4) is 0 Å². The van der Waals surface area contributed by atoms with E-state index in [0.29, 0.717) is 19.3 Å². The summed E-state index contributed by atoms with van der Waals surface area (Å²) in [6.07, 6.45) is 32.4. The summed E-state index contributed by atoms with van der Waals surface area (Å²) in [4.78, 5) is 37.5. The number of rotatable bonds is 37. The van der Waals surface area contributed by atoms with Crippen LogP contribution in [0.2, 0.25) is 0 Å². The zero-order valence-electron chi connectivity index (χ0n) is 33.3. The van der Waals surface area contributed by atoms with E-state index in [4.69, 9.17) is 14.2 Å². The Morgan fingerprint density at radius 3 is 1.16 bits per heavy atom. The summed E-state index contributed by atoms with van der Waals surface area (Å²) in [6, 6.07) is 0. The van der Waals surface area contributed by atoms with Gasteiger partial charge in [0.2, 0.25) is 0 Å². The van der Waals surface area contributed by atoms with Gasteiger partial charge >= 0.3 is 17.9 Å². The van der Waals surface area contributed by atoms with Gasteiger partial charge in [-0.1, -0.05) is 189 Å². The third-order valence-corrected chi connectivity index (χ3v) is 9.83. The molecule has 0 saturated heterocycles. The van der Waals surface area contributed by atoms with E-state index in [-0.39, 0.29) is 31.1 Å². The quantitative estimate of drug-likeness (QED) is 0.0366. The van der Waals surface area contributed by atoms with Crippen molar-refractivity contribution < 1.29 is 28.6 Å². The normalized spacial score (nSPS) is 12.6. The largest absolute Gasteiger partial charge is 0.462 e. The van der Waals surface area contributed by atoms with Crippen LogP contribution < -0.4 is 0 Å². The molecule has 0 aliphatic rings. The number of carbonyl (C=O) groups excluding carboxylic acids is 3. The molecule has 49 heavy (non-hydrogen) atoms. The Balaban J connectivity index is 4.31. The molecule has 0 amide bonds. The third-order valence-electron chi connectivity index (χ3n) is 9.83. The van der Waals surface area contributed by atoms with Gasteiger partial charge in [0.05, 0.1) is 0 Å². The second kappa shape index (κ2) is 36.2. The van der Waals surface area contributed by atoms with E-state index in [9.17, 15) is 14.4 Å². The Bertz CT molecular complexity index is 751. The van der Waals surface area contributed by atoms with Gasteiger partial charge in [0, 0.05) is 19.3 Å². The molecule has 0 aromatic carbocycles. The maximum absolute atomic E-state index is 12.7. The molecule has 0 spiro atoms. The molecule has 0 aromatic rings. The van der Waals surface area contributed by atoms with Crippen LogP contribution in [0, 0.1) is 11.8 Å². The first-order valence-corrected chi connectivity index (χ1v) is 21.3. The summed E-state index contributed by atoms with van der Waals surface area (Å²) in [7, 11) is 0. The average molecular weight is 695 g/mol. The van der Waals surface area contributed by atoms with Crippen molar-refractivity contribution in [3.63, 3.8) is 0 Å². The predicted octanol–water partition coefficient (Wildman–Crippen LogP) is 13.0. The highest BCUT2D eigenvalue weighted by atomic mass is 16.6. The minimum absolute atomic E-state index is 0.0667. The van der Waals surface area contributed by atoms with Crippen LogP contribution >= 0.6 is 0 Å². The van der Waals surface area contributed by atoms with Crippen LogP contribution in [-0.4, -0.2) is 37.2 Å². The smallest absolute Gasteiger partial charge is 0.306 e. The summed E-state index contributed by atoms with van der Waals surface area (Å²) < 4.78 is 16.6.